The molecule has 0 saturated carbocycles. The van der Waals surface area contributed by atoms with Crippen LogP contribution in [0.4, 0.5) is 0 Å². The summed E-state index contributed by atoms with van der Waals surface area (Å²) >= 11 is 2.13. The second kappa shape index (κ2) is 4.55. The minimum atomic E-state index is 0.418. The van der Waals surface area contributed by atoms with Crippen LogP contribution in [0, 0.1) is 5.41 Å². The molecule has 0 radical (unpaired) electrons. The molecule has 0 aromatic heterocycles. The van der Waals surface area contributed by atoms with Gasteiger partial charge in [-0.2, -0.15) is 11.8 Å². The van der Waals surface area contributed by atoms with Crippen LogP contribution in [0.2, 0.25) is 0 Å². The molecule has 0 aliphatic rings. The van der Waals surface area contributed by atoms with Crippen molar-refractivity contribution in [2.24, 2.45) is 5.41 Å². The minimum Gasteiger partial charge on any atom is -0.155 e. The zero-order valence-corrected chi connectivity index (χ0v) is 10.3. The Hall–Kier alpha value is 0.350. The monoisotopic (exact) mass is 188 g/mol. The summed E-state index contributed by atoms with van der Waals surface area (Å²) in [6, 6.07) is 0. The van der Waals surface area contributed by atoms with Crippen molar-refractivity contribution in [2.45, 2.75) is 59.1 Å². The van der Waals surface area contributed by atoms with E-state index < -0.39 is 0 Å². The summed E-state index contributed by atoms with van der Waals surface area (Å²) in [7, 11) is 0. The van der Waals surface area contributed by atoms with Gasteiger partial charge in [0.2, 0.25) is 0 Å². The van der Waals surface area contributed by atoms with Crippen LogP contribution < -0.4 is 0 Å². The van der Waals surface area contributed by atoms with Crippen LogP contribution in [0.3, 0.4) is 0 Å². The highest BCUT2D eigenvalue weighted by Gasteiger charge is 2.35. The third-order valence-corrected chi connectivity index (χ3v) is 5.04. The average Bonchev–Trinajstić information content (AvgIpc) is 1.98. The van der Waals surface area contributed by atoms with Crippen LogP contribution >= 0.6 is 11.8 Å². The molecule has 0 heterocycles. The van der Waals surface area contributed by atoms with Crippen molar-refractivity contribution in [2.75, 3.05) is 5.75 Å². The van der Waals surface area contributed by atoms with Crippen molar-refractivity contribution >= 4 is 11.8 Å². The molecule has 0 aliphatic carbocycles. The fourth-order valence-electron chi connectivity index (χ4n) is 1.18. The van der Waals surface area contributed by atoms with Gasteiger partial charge in [-0.15, -0.1) is 0 Å². The van der Waals surface area contributed by atoms with Gasteiger partial charge in [0.05, 0.1) is 0 Å². The van der Waals surface area contributed by atoms with Crippen LogP contribution in [0.25, 0.3) is 0 Å². The number of rotatable bonds is 4. The smallest absolute Gasteiger partial charge is 0.0177 e. The van der Waals surface area contributed by atoms with Crippen molar-refractivity contribution in [3.05, 3.63) is 0 Å². The Kier molecular flexibility index (Phi) is 4.68. The van der Waals surface area contributed by atoms with Crippen molar-refractivity contribution < 1.29 is 0 Å². The summed E-state index contributed by atoms with van der Waals surface area (Å²) in [6.45, 7) is 14.0. The first-order chi connectivity index (χ1) is 5.37. The maximum Gasteiger partial charge on any atom is 0.0177 e. The highest BCUT2D eigenvalue weighted by Crippen LogP contribution is 2.44. The summed E-state index contributed by atoms with van der Waals surface area (Å²) in [5.41, 5.74) is 0.418. The SMILES string of the molecule is CCCSC(C)(CC)C(C)(C)C. The van der Waals surface area contributed by atoms with Crippen LogP contribution in [0.1, 0.15) is 54.4 Å². The van der Waals surface area contributed by atoms with E-state index in [0.717, 1.165) is 0 Å². The van der Waals surface area contributed by atoms with Crippen LogP contribution in [0.15, 0.2) is 0 Å². The second-order valence-corrected chi connectivity index (χ2v) is 6.28. The van der Waals surface area contributed by atoms with Crippen LogP contribution in [0.5, 0.6) is 0 Å². The lowest BCUT2D eigenvalue weighted by molar-refractivity contribution is 0.292. The molecule has 1 heteroatoms. The summed E-state index contributed by atoms with van der Waals surface area (Å²) in [4.78, 5) is 0. The summed E-state index contributed by atoms with van der Waals surface area (Å²) in [5.74, 6) is 1.29. The quantitative estimate of drug-likeness (QED) is 0.632. The standard InChI is InChI=1S/C11H24S/c1-7-9-12-11(6,8-2)10(3,4)5/h7-9H2,1-6H3. The number of hydrogen-bond acceptors (Lipinski definition) is 1. The average molecular weight is 188 g/mol. The molecule has 0 nitrogen and oxygen atoms in total. The first-order valence-corrected chi connectivity index (χ1v) is 6.00. The first kappa shape index (κ1) is 12.3. The maximum atomic E-state index is 2.40. The third-order valence-electron chi connectivity index (χ3n) is 2.89. The maximum absolute atomic E-state index is 2.40. The van der Waals surface area contributed by atoms with E-state index in [1.54, 1.807) is 0 Å². The Morgan fingerprint density at radius 3 is 1.75 bits per heavy atom. The predicted octanol–water partition coefficient (Wildman–Crippen LogP) is 4.34. The third kappa shape index (κ3) is 3.01. The summed E-state index contributed by atoms with van der Waals surface area (Å²) < 4.78 is 0.447. The Morgan fingerprint density at radius 2 is 1.50 bits per heavy atom. The summed E-state index contributed by atoms with van der Waals surface area (Å²) in [6.07, 6.45) is 2.55. The van der Waals surface area contributed by atoms with E-state index in [0.29, 0.717) is 10.2 Å². The molecule has 0 fully saturated rings. The molecule has 0 aliphatic heterocycles. The fourth-order valence-corrected chi connectivity index (χ4v) is 2.47. The van der Waals surface area contributed by atoms with Crippen molar-refractivity contribution in [1.82, 2.24) is 0 Å². The Balaban J connectivity index is 4.24. The van der Waals surface area contributed by atoms with E-state index in [1.807, 2.05) is 0 Å². The molecule has 0 N–H and O–H groups in total. The highest BCUT2D eigenvalue weighted by atomic mass is 32.2. The molecular formula is C11H24S. The van der Waals surface area contributed by atoms with E-state index in [-0.39, 0.29) is 0 Å². The zero-order valence-electron chi connectivity index (χ0n) is 9.53. The largest absolute Gasteiger partial charge is 0.155 e. The lowest BCUT2D eigenvalue weighted by Gasteiger charge is -2.41. The molecule has 0 rings (SSSR count). The molecule has 0 saturated heterocycles. The van der Waals surface area contributed by atoms with Gasteiger partial charge in [-0.05, 0) is 30.9 Å². The Morgan fingerprint density at radius 1 is 1.00 bits per heavy atom. The van der Waals surface area contributed by atoms with E-state index in [1.165, 1.54) is 18.6 Å². The van der Waals surface area contributed by atoms with Gasteiger partial charge in [0.25, 0.3) is 0 Å². The van der Waals surface area contributed by atoms with Crippen LogP contribution in [-0.2, 0) is 0 Å². The van der Waals surface area contributed by atoms with Gasteiger partial charge < -0.3 is 0 Å². The molecule has 74 valence electrons. The minimum absolute atomic E-state index is 0.418. The molecule has 0 bridgehead atoms. The second-order valence-electron chi connectivity index (χ2n) is 4.68. The molecule has 0 aromatic rings. The van der Waals surface area contributed by atoms with Gasteiger partial charge in [0.1, 0.15) is 0 Å². The van der Waals surface area contributed by atoms with Gasteiger partial charge >= 0.3 is 0 Å². The molecule has 12 heavy (non-hydrogen) atoms. The fraction of sp³-hybridized carbons (Fsp3) is 1.00. The molecule has 0 spiro atoms. The van der Waals surface area contributed by atoms with Gasteiger partial charge in [-0.25, -0.2) is 0 Å². The Labute approximate surface area is 82.5 Å². The van der Waals surface area contributed by atoms with Crippen molar-refractivity contribution in [3.63, 3.8) is 0 Å². The van der Waals surface area contributed by atoms with Crippen molar-refractivity contribution in [3.8, 4) is 0 Å². The lowest BCUT2D eigenvalue weighted by atomic mass is 9.79. The topological polar surface area (TPSA) is 0 Å². The molecular weight excluding hydrogens is 164 g/mol. The van der Waals surface area contributed by atoms with Gasteiger partial charge in [0.15, 0.2) is 0 Å². The summed E-state index contributed by atoms with van der Waals surface area (Å²) in [5, 5.41) is 0. The Bertz CT molecular complexity index is 123. The first-order valence-electron chi connectivity index (χ1n) is 5.01. The van der Waals surface area contributed by atoms with Gasteiger partial charge in [-0.1, -0.05) is 34.6 Å². The normalized spacial score (nSPS) is 17.5. The van der Waals surface area contributed by atoms with Gasteiger partial charge in [0, 0.05) is 4.75 Å². The number of hydrogen-bond donors (Lipinski definition) is 0. The van der Waals surface area contributed by atoms with Gasteiger partial charge in [-0.3, -0.25) is 0 Å². The highest BCUT2D eigenvalue weighted by molar-refractivity contribution is 8.00. The molecule has 1 atom stereocenters. The molecule has 1 unspecified atom stereocenters. The van der Waals surface area contributed by atoms with E-state index in [4.69, 9.17) is 0 Å². The molecule has 0 amide bonds. The van der Waals surface area contributed by atoms with E-state index in [2.05, 4.69) is 53.3 Å². The lowest BCUT2D eigenvalue weighted by Crippen LogP contribution is -2.36. The van der Waals surface area contributed by atoms with E-state index in [9.17, 15) is 0 Å². The zero-order chi connectivity index (χ0) is 9.83. The number of thioether (sulfide) groups is 1. The molecule has 0 aromatic carbocycles. The predicted molar refractivity (Wildman–Crippen MR) is 60.9 cm³/mol. The van der Waals surface area contributed by atoms with Crippen LogP contribution in [-0.4, -0.2) is 10.5 Å². The van der Waals surface area contributed by atoms with E-state index >= 15 is 0 Å². The van der Waals surface area contributed by atoms with Crippen molar-refractivity contribution in [1.29, 1.82) is 0 Å².